The zero-order valence-electron chi connectivity index (χ0n) is 13.1. The van der Waals surface area contributed by atoms with E-state index in [1.807, 2.05) is 0 Å². The van der Waals surface area contributed by atoms with Gasteiger partial charge in [-0.15, -0.1) is 0 Å². The first-order valence-electron chi connectivity index (χ1n) is 8.32. The standard InChI is InChI=1S/C18H27BrN2/c1-21(12-15-5-4-6-16(19)11-15)14-18(9-2-3-10-18)13-20-17-7-8-17/h4-6,11,17,20H,2-3,7-10,12-14H2,1H3. The predicted octanol–water partition coefficient (Wildman–Crippen LogP) is 4.19. The molecule has 0 atom stereocenters. The van der Waals surface area contributed by atoms with Crippen LogP contribution in [0.3, 0.4) is 0 Å². The van der Waals surface area contributed by atoms with Crippen molar-refractivity contribution in [1.29, 1.82) is 0 Å². The average molecular weight is 351 g/mol. The molecule has 3 rings (SSSR count). The minimum atomic E-state index is 0.517. The Balaban J connectivity index is 1.56. The Morgan fingerprint density at radius 1 is 1.29 bits per heavy atom. The molecule has 1 N–H and O–H groups in total. The molecule has 116 valence electrons. The highest BCUT2D eigenvalue weighted by Crippen LogP contribution is 2.39. The van der Waals surface area contributed by atoms with Gasteiger partial charge in [-0.1, -0.05) is 40.9 Å². The predicted molar refractivity (Wildman–Crippen MR) is 92.4 cm³/mol. The molecule has 1 aromatic rings. The summed E-state index contributed by atoms with van der Waals surface area (Å²) in [7, 11) is 2.28. The van der Waals surface area contributed by atoms with Crippen LogP contribution >= 0.6 is 15.9 Å². The van der Waals surface area contributed by atoms with Crippen LogP contribution in [0, 0.1) is 5.41 Å². The molecule has 0 unspecified atom stereocenters. The second-order valence-corrected chi connectivity index (χ2v) is 8.08. The van der Waals surface area contributed by atoms with Gasteiger partial charge in [0, 0.05) is 30.1 Å². The Labute approximate surface area is 137 Å². The lowest BCUT2D eigenvalue weighted by Gasteiger charge is -2.34. The van der Waals surface area contributed by atoms with Gasteiger partial charge in [-0.2, -0.15) is 0 Å². The number of benzene rings is 1. The van der Waals surface area contributed by atoms with Crippen LogP contribution in [-0.4, -0.2) is 31.1 Å². The van der Waals surface area contributed by atoms with E-state index in [1.165, 1.54) is 61.7 Å². The molecule has 0 aliphatic heterocycles. The van der Waals surface area contributed by atoms with Crippen molar-refractivity contribution in [3.05, 3.63) is 34.3 Å². The summed E-state index contributed by atoms with van der Waals surface area (Å²) >= 11 is 3.57. The molecular weight excluding hydrogens is 324 g/mol. The molecule has 0 spiro atoms. The van der Waals surface area contributed by atoms with Crippen LogP contribution in [0.25, 0.3) is 0 Å². The molecule has 2 fully saturated rings. The highest BCUT2D eigenvalue weighted by molar-refractivity contribution is 9.10. The molecule has 0 radical (unpaired) electrons. The van der Waals surface area contributed by atoms with Crippen LogP contribution in [0.5, 0.6) is 0 Å². The fourth-order valence-corrected chi connectivity index (χ4v) is 4.19. The molecule has 0 amide bonds. The fraction of sp³-hybridized carbons (Fsp3) is 0.667. The zero-order chi connectivity index (χ0) is 14.7. The highest BCUT2D eigenvalue weighted by Gasteiger charge is 2.36. The zero-order valence-corrected chi connectivity index (χ0v) is 14.7. The smallest absolute Gasteiger partial charge is 0.0231 e. The van der Waals surface area contributed by atoms with Crippen molar-refractivity contribution in [1.82, 2.24) is 10.2 Å². The van der Waals surface area contributed by atoms with Crippen molar-refractivity contribution >= 4 is 15.9 Å². The summed E-state index contributed by atoms with van der Waals surface area (Å²) < 4.78 is 1.18. The molecule has 3 heteroatoms. The molecule has 0 aromatic heterocycles. The van der Waals surface area contributed by atoms with E-state index in [0.29, 0.717) is 5.41 Å². The number of halogens is 1. The first-order valence-corrected chi connectivity index (χ1v) is 9.11. The van der Waals surface area contributed by atoms with Gasteiger partial charge in [0.05, 0.1) is 0 Å². The third-order valence-corrected chi connectivity index (χ3v) is 5.45. The molecule has 2 aliphatic rings. The van der Waals surface area contributed by atoms with Crippen LogP contribution in [-0.2, 0) is 6.54 Å². The Morgan fingerprint density at radius 3 is 2.71 bits per heavy atom. The van der Waals surface area contributed by atoms with E-state index in [2.05, 4.69) is 57.5 Å². The van der Waals surface area contributed by atoms with Crippen molar-refractivity contribution in [2.24, 2.45) is 5.41 Å². The Hall–Kier alpha value is -0.380. The summed E-state index contributed by atoms with van der Waals surface area (Å²) in [5.74, 6) is 0. The maximum atomic E-state index is 3.78. The van der Waals surface area contributed by atoms with Crippen LogP contribution in [0.2, 0.25) is 0 Å². The van der Waals surface area contributed by atoms with E-state index in [0.717, 1.165) is 12.6 Å². The van der Waals surface area contributed by atoms with Crippen LogP contribution in [0.15, 0.2) is 28.7 Å². The lowest BCUT2D eigenvalue weighted by molar-refractivity contribution is 0.167. The summed E-state index contributed by atoms with van der Waals surface area (Å²) in [6.07, 6.45) is 8.41. The van der Waals surface area contributed by atoms with Gasteiger partial charge in [0.1, 0.15) is 0 Å². The molecule has 1 aromatic carbocycles. The van der Waals surface area contributed by atoms with Gasteiger partial charge in [0.2, 0.25) is 0 Å². The van der Waals surface area contributed by atoms with Crippen LogP contribution in [0.1, 0.15) is 44.1 Å². The maximum Gasteiger partial charge on any atom is 0.0231 e. The van der Waals surface area contributed by atoms with Gasteiger partial charge < -0.3 is 10.2 Å². The minimum Gasteiger partial charge on any atom is -0.313 e. The van der Waals surface area contributed by atoms with E-state index in [-0.39, 0.29) is 0 Å². The third-order valence-electron chi connectivity index (χ3n) is 4.95. The highest BCUT2D eigenvalue weighted by atomic mass is 79.9. The van der Waals surface area contributed by atoms with E-state index < -0.39 is 0 Å². The van der Waals surface area contributed by atoms with Gasteiger partial charge in [-0.3, -0.25) is 0 Å². The second kappa shape index (κ2) is 6.80. The number of hydrogen-bond acceptors (Lipinski definition) is 2. The number of nitrogens with zero attached hydrogens (tertiary/aromatic N) is 1. The summed E-state index contributed by atoms with van der Waals surface area (Å²) in [5, 5.41) is 3.78. The van der Waals surface area contributed by atoms with Gasteiger partial charge in [-0.25, -0.2) is 0 Å². The third kappa shape index (κ3) is 4.54. The van der Waals surface area contributed by atoms with Crippen molar-refractivity contribution in [2.45, 2.75) is 51.1 Å². The van der Waals surface area contributed by atoms with Gasteiger partial charge >= 0.3 is 0 Å². The summed E-state index contributed by atoms with van der Waals surface area (Å²) in [5.41, 5.74) is 1.92. The molecular formula is C18H27BrN2. The SMILES string of the molecule is CN(Cc1cccc(Br)c1)CC1(CNC2CC2)CCCC1. The lowest BCUT2D eigenvalue weighted by Crippen LogP contribution is -2.41. The fourth-order valence-electron chi connectivity index (χ4n) is 3.74. The topological polar surface area (TPSA) is 15.3 Å². The minimum absolute atomic E-state index is 0.517. The largest absolute Gasteiger partial charge is 0.313 e. The van der Waals surface area contributed by atoms with Crippen molar-refractivity contribution in [3.63, 3.8) is 0 Å². The van der Waals surface area contributed by atoms with E-state index in [4.69, 9.17) is 0 Å². The molecule has 0 heterocycles. The van der Waals surface area contributed by atoms with Crippen molar-refractivity contribution < 1.29 is 0 Å². The van der Waals surface area contributed by atoms with Gasteiger partial charge in [0.25, 0.3) is 0 Å². The van der Waals surface area contributed by atoms with Crippen molar-refractivity contribution in [3.8, 4) is 0 Å². The molecule has 21 heavy (non-hydrogen) atoms. The van der Waals surface area contributed by atoms with Crippen LogP contribution < -0.4 is 5.32 Å². The first kappa shape index (κ1) is 15.5. The number of nitrogens with one attached hydrogen (secondary N) is 1. The normalized spacial score (nSPS) is 21.1. The van der Waals surface area contributed by atoms with Crippen molar-refractivity contribution in [2.75, 3.05) is 20.1 Å². The van der Waals surface area contributed by atoms with Gasteiger partial charge in [-0.05, 0) is 55.8 Å². The van der Waals surface area contributed by atoms with Crippen LogP contribution in [0.4, 0.5) is 0 Å². The van der Waals surface area contributed by atoms with E-state index in [1.54, 1.807) is 0 Å². The summed E-state index contributed by atoms with van der Waals surface area (Å²) in [6.45, 7) is 3.49. The summed E-state index contributed by atoms with van der Waals surface area (Å²) in [4.78, 5) is 2.52. The second-order valence-electron chi connectivity index (χ2n) is 7.16. The Morgan fingerprint density at radius 2 is 2.05 bits per heavy atom. The quantitative estimate of drug-likeness (QED) is 0.792. The molecule has 2 nitrogen and oxygen atoms in total. The maximum absolute atomic E-state index is 3.78. The number of hydrogen-bond donors (Lipinski definition) is 1. The van der Waals surface area contributed by atoms with E-state index >= 15 is 0 Å². The first-order chi connectivity index (χ1) is 10.2. The Kier molecular flexibility index (Phi) is 5.03. The van der Waals surface area contributed by atoms with E-state index in [9.17, 15) is 0 Å². The monoisotopic (exact) mass is 350 g/mol. The Bertz CT molecular complexity index is 464. The molecule has 0 bridgehead atoms. The molecule has 2 saturated carbocycles. The number of rotatable bonds is 7. The van der Waals surface area contributed by atoms with Gasteiger partial charge in [0.15, 0.2) is 0 Å². The lowest BCUT2D eigenvalue weighted by atomic mass is 9.85. The average Bonchev–Trinajstić information content (AvgIpc) is 3.17. The molecule has 2 aliphatic carbocycles. The molecule has 0 saturated heterocycles. The summed E-state index contributed by atoms with van der Waals surface area (Å²) in [6, 6.07) is 9.53.